The number of ether oxygens (including phenoxy) is 1. The SMILES string of the molecule is CCCCC(C(=O)N1CCOCC1)c1cc2ccccc2o1. The largest absolute Gasteiger partial charge is 0.460 e. The molecule has 1 saturated heterocycles. The number of unbranched alkanes of at least 4 members (excludes halogenated alkanes) is 1. The number of carbonyl (C=O) groups is 1. The zero-order valence-electron chi connectivity index (χ0n) is 13.1. The van der Waals surface area contributed by atoms with Crippen LogP contribution in [-0.4, -0.2) is 37.1 Å². The van der Waals surface area contributed by atoms with E-state index in [2.05, 4.69) is 6.92 Å². The van der Waals surface area contributed by atoms with E-state index in [9.17, 15) is 4.79 Å². The number of hydrogen-bond acceptors (Lipinski definition) is 3. The van der Waals surface area contributed by atoms with Crippen molar-refractivity contribution in [3.63, 3.8) is 0 Å². The van der Waals surface area contributed by atoms with E-state index in [1.54, 1.807) is 0 Å². The maximum Gasteiger partial charge on any atom is 0.233 e. The molecule has 4 nitrogen and oxygen atoms in total. The highest BCUT2D eigenvalue weighted by atomic mass is 16.5. The van der Waals surface area contributed by atoms with E-state index in [0.717, 1.165) is 36.0 Å². The molecule has 0 spiro atoms. The summed E-state index contributed by atoms with van der Waals surface area (Å²) in [6.07, 6.45) is 2.94. The van der Waals surface area contributed by atoms with Crippen molar-refractivity contribution in [2.75, 3.05) is 26.3 Å². The van der Waals surface area contributed by atoms with Gasteiger partial charge >= 0.3 is 0 Å². The van der Waals surface area contributed by atoms with Crippen molar-refractivity contribution >= 4 is 16.9 Å². The zero-order valence-corrected chi connectivity index (χ0v) is 13.1. The molecule has 4 heteroatoms. The number of rotatable bonds is 5. The van der Waals surface area contributed by atoms with Crippen molar-refractivity contribution < 1.29 is 13.9 Å². The number of amides is 1. The minimum absolute atomic E-state index is 0.176. The summed E-state index contributed by atoms with van der Waals surface area (Å²) in [5, 5.41) is 1.06. The third-order valence-electron chi connectivity index (χ3n) is 4.26. The molecule has 22 heavy (non-hydrogen) atoms. The number of nitrogens with zero attached hydrogens (tertiary/aromatic N) is 1. The number of carbonyl (C=O) groups excluding carboxylic acids is 1. The van der Waals surface area contributed by atoms with E-state index in [1.807, 2.05) is 35.2 Å². The highest BCUT2D eigenvalue weighted by Gasteiger charge is 2.29. The van der Waals surface area contributed by atoms with Gasteiger partial charge in [0.25, 0.3) is 0 Å². The van der Waals surface area contributed by atoms with Crippen LogP contribution in [0.15, 0.2) is 34.7 Å². The van der Waals surface area contributed by atoms with Crippen LogP contribution in [0.4, 0.5) is 0 Å². The Morgan fingerprint density at radius 1 is 1.27 bits per heavy atom. The molecule has 1 amide bonds. The Bertz CT molecular complexity index is 595. The monoisotopic (exact) mass is 301 g/mol. The smallest absolute Gasteiger partial charge is 0.233 e. The molecule has 1 aliphatic rings. The van der Waals surface area contributed by atoms with Gasteiger partial charge in [-0.25, -0.2) is 0 Å². The number of morpholine rings is 1. The van der Waals surface area contributed by atoms with Crippen LogP contribution in [-0.2, 0) is 9.53 Å². The lowest BCUT2D eigenvalue weighted by molar-refractivity contribution is -0.137. The average Bonchev–Trinajstić information content (AvgIpc) is 2.99. The third-order valence-corrected chi connectivity index (χ3v) is 4.26. The van der Waals surface area contributed by atoms with Crippen LogP contribution in [0.2, 0.25) is 0 Å². The second-order valence-corrected chi connectivity index (χ2v) is 5.82. The molecule has 0 aliphatic carbocycles. The molecule has 1 atom stereocenters. The van der Waals surface area contributed by atoms with Gasteiger partial charge < -0.3 is 14.1 Å². The molecule has 118 valence electrons. The topological polar surface area (TPSA) is 42.7 Å². The first-order chi connectivity index (χ1) is 10.8. The lowest BCUT2D eigenvalue weighted by Gasteiger charge is -2.29. The van der Waals surface area contributed by atoms with Crippen molar-refractivity contribution in [3.05, 3.63) is 36.1 Å². The van der Waals surface area contributed by atoms with Crippen LogP contribution < -0.4 is 0 Å². The summed E-state index contributed by atoms with van der Waals surface area (Å²) in [5.74, 6) is 0.799. The van der Waals surface area contributed by atoms with Crippen LogP contribution in [0, 0.1) is 0 Å². The minimum Gasteiger partial charge on any atom is -0.460 e. The van der Waals surface area contributed by atoms with Gasteiger partial charge in [-0.1, -0.05) is 38.0 Å². The lowest BCUT2D eigenvalue weighted by Crippen LogP contribution is -2.43. The molecule has 1 aromatic heterocycles. The molecule has 1 fully saturated rings. The molecule has 0 radical (unpaired) electrons. The summed E-state index contributed by atoms with van der Waals surface area (Å²) in [6.45, 7) is 4.77. The van der Waals surface area contributed by atoms with Crippen LogP contribution >= 0.6 is 0 Å². The second kappa shape index (κ2) is 6.97. The van der Waals surface area contributed by atoms with Gasteiger partial charge in [-0.05, 0) is 18.6 Å². The first-order valence-corrected chi connectivity index (χ1v) is 8.14. The van der Waals surface area contributed by atoms with Gasteiger partial charge in [0, 0.05) is 18.5 Å². The first-order valence-electron chi connectivity index (χ1n) is 8.14. The fourth-order valence-corrected chi connectivity index (χ4v) is 2.97. The maximum absolute atomic E-state index is 12.9. The normalized spacial score (nSPS) is 16.9. The molecule has 3 rings (SSSR count). The minimum atomic E-state index is -0.176. The van der Waals surface area contributed by atoms with E-state index < -0.39 is 0 Å². The maximum atomic E-state index is 12.9. The molecular formula is C18H23NO3. The quantitative estimate of drug-likeness (QED) is 0.848. The fourth-order valence-electron chi connectivity index (χ4n) is 2.97. The van der Waals surface area contributed by atoms with Gasteiger partial charge in [-0.2, -0.15) is 0 Å². The van der Waals surface area contributed by atoms with Crippen molar-refractivity contribution in [1.29, 1.82) is 0 Å². The van der Waals surface area contributed by atoms with Crippen LogP contribution in [0.3, 0.4) is 0 Å². The first kappa shape index (κ1) is 15.1. The number of furan rings is 1. The van der Waals surface area contributed by atoms with Gasteiger partial charge in [0.15, 0.2) is 0 Å². The molecular weight excluding hydrogens is 278 g/mol. The summed E-state index contributed by atoms with van der Waals surface area (Å²) in [7, 11) is 0. The molecule has 0 N–H and O–H groups in total. The Morgan fingerprint density at radius 2 is 2.05 bits per heavy atom. The van der Waals surface area contributed by atoms with Gasteiger partial charge in [0.2, 0.25) is 5.91 Å². The highest BCUT2D eigenvalue weighted by Crippen LogP contribution is 2.30. The van der Waals surface area contributed by atoms with Crippen LogP contribution in [0.5, 0.6) is 0 Å². The van der Waals surface area contributed by atoms with Crippen LogP contribution in [0.25, 0.3) is 11.0 Å². The van der Waals surface area contributed by atoms with Gasteiger partial charge in [-0.15, -0.1) is 0 Å². The van der Waals surface area contributed by atoms with Crippen molar-refractivity contribution in [2.24, 2.45) is 0 Å². The molecule has 2 heterocycles. The van der Waals surface area contributed by atoms with E-state index >= 15 is 0 Å². The number of fused-ring (bicyclic) bond motifs is 1. The Kier molecular flexibility index (Phi) is 4.78. The summed E-state index contributed by atoms with van der Waals surface area (Å²) in [5.41, 5.74) is 0.855. The molecule has 1 aliphatic heterocycles. The zero-order chi connectivity index (χ0) is 15.4. The molecule has 0 bridgehead atoms. The van der Waals surface area contributed by atoms with Crippen molar-refractivity contribution in [3.8, 4) is 0 Å². The fraction of sp³-hybridized carbons (Fsp3) is 0.500. The number of para-hydroxylation sites is 1. The predicted octanol–water partition coefficient (Wildman–Crippen LogP) is 3.57. The van der Waals surface area contributed by atoms with Crippen molar-refractivity contribution in [2.45, 2.75) is 32.1 Å². The van der Waals surface area contributed by atoms with E-state index in [1.165, 1.54) is 0 Å². The van der Waals surface area contributed by atoms with Gasteiger partial charge in [-0.3, -0.25) is 4.79 Å². The lowest BCUT2D eigenvalue weighted by atomic mass is 9.97. The molecule has 1 aromatic carbocycles. The summed E-state index contributed by atoms with van der Waals surface area (Å²) < 4.78 is 11.3. The molecule has 2 aromatic rings. The molecule has 0 saturated carbocycles. The summed E-state index contributed by atoms with van der Waals surface area (Å²) in [4.78, 5) is 14.8. The Hall–Kier alpha value is -1.81. The molecule has 1 unspecified atom stereocenters. The predicted molar refractivity (Wildman–Crippen MR) is 85.9 cm³/mol. The van der Waals surface area contributed by atoms with E-state index in [4.69, 9.17) is 9.15 Å². The van der Waals surface area contributed by atoms with Crippen LogP contribution in [0.1, 0.15) is 37.9 Å². The van der Waals surface area contributed by atoms with Gasteiger partial charge in [0.05, 0.1) is 19.1 Å². The highest BCUT2D eigenvalue weighted by molar-refractivity contribution is 5.86. The summed E-state index contributed by atoms with van der Waals surface area (Å²) >= 11 is 0. The Balaban J connectivity index is 1.85. The third kappa shape index (κ3) is 3.17. The van der Waals surface area contributed by atoms with Crippen molar-refractivity contribution in [1.82, 2.24) is 4.90 Å². The Morgan fingerprint density at radius 3 is 2.77 bits per heavy atom. The second-order valence-electron chi connectivity index (χ2n) is 5.82. The average molecular weight is 301 g/mol. The van der Waals surface area contributed by atoms with Gasteiger partial charge in [0.1, 0.15) is 11.3 Å². The number of hydrogen-bond donors (Lipinski definition) is 0. The van der Waals surface area contributed by atoms with E-state index in [0.29, 0.717) is 26.3 Å². The van der Waals surface area contributed by atoms with E-state index in [-0.39, 0.29) is 11.8 Å². The Labute approximate surface area is 131 Å². The summed E-state index contributed by atoms with van der Waals surface area (Å²) in [6, 6.07) is 9.95. The number of benzene rings is 1. The standard InChI is InChI=1S/C18H23NO3/c1-2-3-7-15(18(20)19-9-11-21-12-10-19)17-13-14-6-4-5-8-16(14)22-17/h4-6,8,13,15H,2-3,7,9-12H2,1H3.